The van der Waals surface area contributed by atoms with Crippen LogP contribution >= 0.6 is 15.9 Å². The monoisotopic (exact) mass is 344 g/mol. The lowest BCUT2D eigenvalue weighted by atomic mass is 9.96. The fourth-order valence-corrected chi connectivity index (χ4v) is 3.35. The number of nitrogens with two attached hydrogens (primary N) is 1. The summed E-state index contributed by atoms with van der Waals surface area (Å²) in [6, 6.07) is 0.577. The minimum absolute atomic E-state index is 0.107. The standard InChI is InChI=1S/C13H21BrN4O2/c1-9-3-2-4-10(7-15)18(9)11-8-16-17(5-6-19)13(20)12(11)14/h8-10,19H,2-7,15H2,1H3. The number of rotatable bonds is 4. The number of nitrogens with zero attached hydrogens (tertiary/aromatic N) is 3. The van der Waals surface area contributed by atoms with E-state index in [1.54, 1.807) is 6.20 Å². The van der Waals surface area contributed by atoms with Crippen molar-refractivity contribution in [3.8, 4) is 0 Å². The average Bonchev–Trinajstić information content (AvgIpc) is 2.45. The second-order valence-electron chi connectivity index (χ2n) is 5.17. The van der Waals surface area contributed by atoms with Crippen LogP contribution in [0.5, 0.6) is 0 Å². The van der Waals surface area contributed by atoms with Crippen molar-refractivity contribution in [3.63, 3.8) is 0 Å². The van der Waals surface area contributed by atoms with Crippen LogP contribution in [0.15, 0.2) is 15.5 Å². The lowest BCUT2D eigenvalue weighted by molar-refractivity contribution is 0.266. The summed E-state index contributed by atoms with van der Waals surface area (Å²) in [5.41, 5.74) is 6.45. The molecule has 1 aromatic rings. The number of hydrogen-bond acceptors (Lipinski definition) is 5. The van der Waals surface area contributed by atoms with E-state index in [2.05, 4.69) is 32.9 Å². The third kappa shape index (κ3) is 2.89. The first-order valence-corrected chi connectivity index (χ1v) is 7.74. The molecule has 1 aromatic heterocycles. The Bertz CT molecular complexity index is 520. The van der Waals surface area contributed by atoms with Gasteiger partial charge in [-0.05, 0) is 42.1 Å². The SMILES string of the molecule is CC1CCCC(CN)N1c1cnn(CCO)c(=O)c1Br. The third-order valence-electron chi connectivity index (χ3n) is 3.86. The number of aliphatic hydroxyl groups is 1. The Hall–Kier alpha value is -0.920. The smallest absolute Gasteiger partial charge is 0.283 e. The summed E-state index contributed by atoms with van der Waals surface area (Å²) in [6.45, 7) is 2.81. The quantitative estimate of drug-likeness (QED) is 0.839. The number of hydrogen-bond donors (Lipinski definition) is 2. The van der Waals surface area contributed by atoms with Gasteiger partial charge in [0.25, 0.3) is 5.56 Å². The Labute approximate surface area is 126 Å². The molecule has 0 aromatic carbocycles. The van der Waals surface area contributed by atoms with Crippen molar-refractivity contribution in [1.82, 2.24) is 9.78 Å². The van der Waals surface area contributed by atoms with E-state index in [4.69, 9.17) is 10.8 Å². The number of halogens is 1. The molecule has 0 aliphatic carbocycles. The zero-order valence-corrected chi connectivity index (χ0v) is 13.2. The van der Waals surface area contributed by atoms with E-state index in [0.29, 0.717) is 17.1 Å². The maximum absolute atomic E-state index is 12.2. The van der Waals surface area contributed by atoms with E-state index >= 15 is 0 Å². The Morgan fingerprint density at radius 1 is 1.55 bits per heavy atom. The second-order valence-corrected chi connectivity index (χ2v) is 5.97. The van der Waals surface area contributed by atoms with Crippen molar-refractivity contribution in [3.05, 3.63) is 21.0 Å². The summed E-state index contributed by atoms with van der Waals surface area (Å²) >= 11 is 3.38. The predicted molar refractivity (Wildman–Crippen MR) is 81.9 cm³/mol. The van der Waals surface area contributed by atoms with Gasteiger partial charge in [0.1, 0.15) is 4.47 Å². The van der Waals surface area contributed by atoms with Gasteiger partial charge in [-0.25, -0.2) is 4.68 Å². The van der Waals surface area contributed by atoms with Crippen LogP contribution in [-0.4, -0.2) is 40.1 Å². The molecule has 2 atom stereocenters. The third-order valence-corrected chi connectivity index (χ3v) is 4.60. The number of anilines is 1. The molecule has 0 bridgehead atoms. The average molecular weight is 345 g/mol. The molecule has 0 saturated carbocycles. The number of aromatic nitrogens is 2. The molecule has 1 saturated heterocycles. The summed E-state index contributed by atoms with van der Waals surface area (Å²) in [5.74, 6) is 0. The first-order valence-electron chi connectivity index (χ1n) is 6.95. The maximum atomic E-state index is 12.2. The molecule has 1 aliphatic heterocycles. The van der Waals surface area contributed by atoms with Crippen LogP contribution in [0.2, 0.25) is 0 Å². The highest BCUT2D eigenvalue weighted by molar-refractivity contribution is 9.10. The molecule has 2 heterocycles. The van der Waals surface area contributed by atoms with Gasteiger partial charge in [0.15, 0.2) is 0 Å². The highest BCUT2D eigenvalue weighted by atomic mass is 79.9. The normalized spacial score (nSPS) is 23.1. The molecule has 112 valence electrons. The van der Waals surface area contributed by atoms with Crippen LogP contribution in [-0.2, 0) is 6.54 Å². The predicted octanol–water partition coefficient (Wildman–Crippen LogP) is 0.704. The molecule has 0 radical (unpaired) electrons. The summed E-state index contributed by atoms with van der Waals surface area (Å²) in [6.07, 6.45) is 4.97. The molecule has 3 N–H and O–H groups in total. The van der Waals surface area contributed by atoms with Gasteiger partial charge in [-0.1, -0.05) is 0 Å². The topological polar surface area (TPSA) is 84.4 Å². The van der Waals surface area contributed by atoms with Crippen LogP contribution in [0.3, 0.4) is 0 Å². The minimum atomic E-state index is -0.218. The van der Waals surface area contributed by atoms with Gasteiger partial charge in [0.05, 0.1) is 25.0 Å². The number of piperidine rings is 1. The highest BCUT2D eigenvalue weighted by Crippen LogP contribution is 2.31. The van der Waals surface area contributed by atoms with Crippen LogP contribution in [0.4, 0.5) is 5.69 Å². The molecule has 0 amide bonds. The van der Waals surface area contributed by atoms with Gasteiger partial charge in [-0.2, -0.15) is 5.10 Å². The van der Waals surface area contributed by atoms with E-state index in [9.17, 15) is 4.79 Å². The van der Waals surface area contributed by atoms with Crippen LogP contribution < -0.4 is 16.2 Å². The fraction of sp³-hybridized carbons (Fsp3) is 0.692. The van der Waals surface area contributed by atoms with Gasteiger partial charge in [-0.3, -0.25) is 4.79 Å². The van der Waals surface area contributed by atoms with Crippen molar-refractivity contribution in [2.24, 2.45) is 5.73 Å². The van der Waals surface area contributed by atoms with E-state index < -0.39 is 0 Å². The van der Waals surface area contributed by atoms with E-state index in [1.807, 2.05) is 0 Å². The summed E-state index contributed by atoms with van der Waals surface area (Å²) < 4.78 is 1.76. The molecular formula is C13H21BrN4O2. The highest BCUT2D eigenvalue weighted by Gasteiger charge is 2.29. The molecule has 20 heavy (non-hydrogen) atoms. The van der Waals surface area contributed by atoms with Crippen molar-refractivity contribution in [2.75, 3.05) is 18.1 Å². The summed E-state index contributed by atoms with van der Waals surface area (Å²) in [4.78, 5) is 14.4. The summed E-state index contributed by atoms with van der Waals surface area (Å²) in [7, 11) is 0. The Morgan fingerprint density at radius 3 is 2.95 bits per heavy atom. The van der Waals surface area contributed by atoms with Crippen LogP contribution in [0, 0.1) is 0 Å². The zero-order chi connectivity index (χ0) is 14.7. The molecule has 7 heteroatoms. The van der Waals surface area contributed by atoms with E-state index in [0.717, 1.165) is 24.9 Å². The molecule has 1 fully saturated rings. The van der Waals surface area contributed by atoms with Crippen molar-refractivity contribution >= 4 is 21.6 Å². The lowest BCUT2D eigenvalue weighted by Gasteiger charge is -2.42. The van der Waals surface area contributed by atoms with Gasteiger partial charge in [0, 0.05) is 18.6 Å². The molecule has 2 rings (SSSR count). The van der Waals surface area contributed by atoms with E-state index in [-0.39, 0.29) is 24.8 Å². The van der Waals surface area contributed by atoms with Gasteiger partial charge in [-0.15, -0.1) is 0 Å². The maximum Gasteiger partial charge on any atom is 0.283 e. The van der Waals surface area contributed by atoms with Crippen molar-refractivity contribution in [2.45, 2.75) is 44.8 Å². The largest absolute Gasteiger partial charge is 0.394 e. The van der Waals surface area contributed by atoms with E-state index in [1.165, 1.54) is 4.68 Å². The first kappa shape index (κ1) is 15.5. The second kappa shape index (κ2) is 6.69. The zero-order valence-electron chi connectivity index (χ0n) is 11.6. The Morgan fingerprint density at radius 2 is 2.30 bits per heavy atom. The first-order chi connectivity index (χ1) is 9.60. The number of aliphatic hydroxyl groups excluding tert-OH is 1. The molecule has 6 nitrogen and oxygen atoms in total. The molecule has 0 spiro atoms. The summed E-state index contributed by atoms with van der Waals surface area (Å²) in [5, 5.41) is 13.1. The minimum Gasteiger partial charge on any atom is -0.394 e. The van der Waals surface area contributed by atoms with Crippen LogP contribution in [0.25, 0.3) is 0 Å². The molecular weight excluding hydrogens is 324 g/mol. The molecule has 1 aliphatic rings. The fourth-order valence-electron chi connectivity index (χ4n) is 2.84. The van der Waals surface area contributed by atoms with Gasteiger partial charge < -0.3 is 15.7 Å². The van der Waals surface area contributed by atoms with Gasteiger partial charge in [0.2, 0.25) is 0 Å². The Kier molecular flexibility index (Phi) is 5.17. The Balaban J connectivity index is 2.40. The van der Waals surface area contributed by atoms with Crippen LogP contribution in [0.1, 0.15) is 26.2 Å². The lowest BCUT2D eigenvalue weighted by Crippen LogP contribution is -2.49. The van der Waals surface area contributed by atoms with Crippen molar-refractivity contribution < 1.29 is 5.11 Å². The van der Waals surface area contributed by atoms with Crippen molar-refractivity contribution in [1.29, 1.82) is 0 Å². The van der Waals surface area contributed by atoms with Gasteiger partial charge >= 0.3 is 0 Å². The molecule has 2 unspecified atom stereocenters.